The smallest absolute Gasteiger partial charge is 0.263 e. The average molecular weight is 401 g/mol. The SMILES string of the molecule is Cc1cc(C)c(-n2cc3c(=O)[nH]c(N4CCC(S(C)(=O)=O)C4)nc3n2)c(C)c1. The van der Waals surface area contributed by atoms with E-state index in [1.807, 2.05) is 20.8 Å². The van der Waals surface area contributed by atoms with Gasteiger partial charge in [0.1, 0.15) is 5.39 Å². The van der Waals surface area contributed by atoms with Gasteiger partial charge in [-0.25, -0.2) is 13.1 Å². The number of H-pyrrole nitrogens is 1. The van der Waals surface area contributed by atoms with Crippen LogP contribution in [-0.4, -0.2) is 52.8 Å². The summed E-state index contributed by atoms with van der Waals surface area (Å²) >= 11 is 0. The Hall–Kier alpha value is -2.68. The second-order valence-corrected chi connectivity index (χ2v) is 9.96. The lowest BCUT2D eigenvalue weighted by atomic mass is 10.1. The van der Waals surface area contributed by atoms with E-state index in [1.54, 1.807) is 15.8 Å². The molecule has 0 spiro atoms. The number of hydrogen-bond acceptors (Lipinski definition) is 6. The van der Waals surface area contributed by atoms with Crippen LogP contribution < -0.4 is 10.5 Å². The molecule has 1 atom stereocenters. The van der Waals surface area contributed by atoms with Gasteiger partial charge in [-0.2, -0.15) is 4.98 Å². The van der Waals surface area contributed by atoms with Crippen molar-refractivity contribution in [2.24, 2.45) is 0 Å². The van der Waals surface area contributed by atoms with E-state index in [4.69, 9.17) is 0 Å². The van der Waals surface area contributed by atoms with E-state index in [-0.39, 0.29) is 5.56 Å². The third kappa shape index (κ3) is 3.19. The maximum absolute atomic E-state index is 12.6. The van der Waals surface area contributed by atoms with Gasteiger partial charge < -0.3 is 4.90 Å². The van der Waals surface area contributed by atoms with Crippen LogP contribution in [0.4, 0.5) is 5.95 Å². The van der Waals surface area contributed by atoms with Crippen molar-refractivity contribution >= 4 is 26.8 Å². The zero-order valence-electron chi connectivity index (χ0n) is 16.4. The highest BCUT2D eigenvalue weighted by atomic mass is 32.2. The summed E-state index contributed by atoms with van der Waals surface area (Å²) in [7, 11) is -3.12. The molecule has 0 saturated carbocycles. The lowest BCUT2D eigenvalue weighted by Crippen LogP contribution is -2.28. The summed E-state index contributed by atoms with van der Waals surface area (Å²) in [6.07, 6.45) is 3.46. The number of nitrogens with one attached hydrogen (secondary N) is 1. The summed E-state index contributed by atoms with van der Waals surface area (Å²) in [6.45, 7) is 6.93. The molecule has 4 rings (SSSR count). The molecule has 1 aromatic carbocycles. The number of benzene rings is 1. The van der Waals surface area contributed by atoms with Gasteiger partial charge in [0.25, 0.3) is 5.56 Å². The summed E-state index contributed by atoms with van der Waals surface area (Å²) in [6, 6.07) is 4.15. The highest BCUT2D eigenvalue weighted by molar-refractivity contribution is 7.91. The van der Waals surface area contributed by atoms with Crippen molar-refractivity contribution in [1.82, 2.24) is 19.7 Å². The minimum Gasteiger partial charge on any atom is -0.341 e. The van der Waals surface area contributed by atoms with Gasteiger partial charge in [-0.1, -0.05) is 17.7 Å². The molecule has 1 fully saturated rings. The van der Waals surface area contributed by atoms with Gasteiger partial charge in [-0.05, 0) is 38.3 Å². The Balaban J connectivity index is 1.76. The van der Waals surface area contributed by atoms with Crippen molar-refractivity contribution < 1.29 is 8.42 Å². The number of rotatable bonds is 3. The Morgan fingerprint density at radius 2 is 1.86 bits per heavy atom. The number of aromatic nitrogens is 4. The second-order valence-electron chi connectivity index (χ2n) is 7.63. The summed E-state index contributed by atoms with van der Waals surface area (Å²) in [5.74, 6) is 0.367. The molecule has 1 N–H and O–H groups in total. The fraction of sp³-hybridized carbons (Fsp3) is 0.421. The Morgan fingerprint density at radius 3 is 2.46 bits per heavy atom. The number of aryl methyl sites for hydroxylation is 3. The Morgan fingerprint density at radius 1 is 1.18 bits per heavy atom. The largest absolute Gasteiger partial charge is 0.341 e. The molecule has 1 aliphatic rings. The predicted octanol–water partition coefficient (Wildman–Crippen LogP) is 1.66. The van der Waals surface area contributed by atoms with Crippen molar-refractivity contribution in [3.05, 3.63) is 45.4 Å². The zero-order chi connectivity index (χ0) is 20.2. The molecule has 0 radical (unpaired) electrons. The van der Waals surface area contributed by atoms with Crippen LogP contribution in [0.2, 0.25) is 0 Å². The number of hydrogen-bond donors (Lipinski definition) is 1. The number of anilines is 1. The van der Waals surface area contributed by atoms with Gasteiger partial charge in [0.05, 0.1) is 10.9 Å². The molecule has 8 nitrogen and oxygen atoms in total. The second kappa shape index (κ2) is 6.44. The van der Waals surface area contributed by atoms with E-state index in [1.165, 1.54) is 11.8 Å². The number of aromatic amines is 1. The summed E-state index contributed by atoms with van der Waals surface area (Å²) < 4.78 is 25.3. The summed E-state index contributed by atoms with van der Waals surface area (Å²) in [5.41, 5.74) is 4.30. The quantitative estimate of drug-likeness (QED) is 0.716. The first-order chi connectivity index (χ1) is 13.1. The van der Waals surface area contributed by atoms with Gasteiger partial charge in [0.2, 0.25) is 5.95 Å². The predicted molar refractivity (Wildman–Crippen MR) is 109 cm³/mol. The average Bonchev–Trinajstić information content (AvgIpc) is 3.20. The molecular formula is C19H23N5O3S. The minimum atomic E-state index is -3.12. The molecule has 0 bridgehead atoms. The van der Waals surface area contributed by atoms with Crippen LogP contribution in [0.25, 0.3) is 16.7 Å². The normalized spacial score (nSPS) is 17.6. The van der Waals surface area contributed by atoms with Crippen LogP contribution in [0.15, 0.2) is 23.1 Å². The van der Waals surface area contributed by atoms with E-state index in [9.17, 15) is 13.2 Å². The van der Waals surface area contributed by atoms with Crippen LogP contribution in [0.3, 0.4) is 0 Å². The number of sulfone groups is 1. The van der Waals surface area contributed by atoms with Gasteiger partial charge in [-0.15, -0.1) is 5.10 Å². The molecule has 2 aromatic heterocycles. The highest BCUT2D eigenvalue weighted by Crippen LogP contribution is 2.23. The molecule has 0 amide bonds. The summed E-state index contributed by atoms with van der Waals surface area (Å²) in [5, 5.41) is 4.50. The lowest BCUT2D eigenvalue weighted by molar-refractivity contribution is 0.589. The first-order valence-corrected chi connectivity index (χ1v) is 11.1. The van der Waals surface area contributed by atoms with E-state index in [0.717, 1.165) is 16.8 Å². The third-order valence-corrected chi connectivity index (χ3v) is 6.89. The third-order valence-electron chi connectivity index (χ3n) is 5.29. The first kappa shape index (κ1) is 18.7. The van der Waals surface area contributed by atoms with Crippen molar-refractivity contribution in [3.63, 3.8) is 0 Å². The van der Waals surface area contributed by atoms with Crippen molar-refractivity contribution in [1.29, 1.82) is 0 Å². The van der Waals surface area contributed by atoms with Crippen LogP contribution in [0.5, 0.6) is 0 Å². The van der Waals surface area contributed by atoms with Crippen LogP contribution in [0, 0.1) is 20.8 Å². The number of fused-ring (bicyclic) bond motifs is 1. The van der Waals surface area contributed by atoms with Gasteiger partial charge in [0.15, 0.2) is 15.5 Å². The molecule has 1 unspecified atom stereocenters. The molecule has 0 aliphatic carbocycles. The highest BCUT2D eigenvalue weighted by Gasteiger charge is 2.31. The Kier molecular flexibility index (Phi) is 4.29. The maximum Gasteiger partial charge on any atom is 0.263 e. The Bertz CT molecular complexity index is 1220. The van der Waals surface area contributed by atoms with Crippen molar-refractivity contribution in [3.8, 4) is 5.69 Å². The van der Waals surface area contributed by atoms with Crippen LogP contribution >= 0.6 is 0 Å². The van der Waals surface area contributed by atoms with E-state index in [2.05, 4.69) is 27.2 Å². The van der Waals surface area contributed by atoms with Gasteiger partial charge in [-0.3, -0.25) is 9.78 Å². The van der Waals surface area contributed by atoms with Crippen molar-refractivity contribution in [2.45, 2.75) is 32.4 Å². The van der Waals surface area contributed by atoms with Crippen LogP contribution in [-0.2, 0) is 9.84 Å². The molecule has 9 heteroatoms. The molecular weight excluding hydrogens is 378 g/mol. The maximum atomic E-state index is 12.6. The van der Waals surface area contributed by atoms with Gasteiger partial charge in [0, 0.05) is 25.5 Å². The standard InChI is InChI=1S/C19H23N5O3S/c1-11-7-12(2)16(13(3)8-11)24-10-15-17(22-24)20-19(21-18(15)25)23-6-5-14(9-23)28(4,26)27/h7-8,10,14H,5-6,9H2,1-4H3,(H,20,21,22,25). The first-order valence-electron chi connectivity index (χ1n) is 9.15. The van der Waals surface area contributed by atoms with E-state index in [0.29, 0.717) is 36.5 Å². The molecule has 1 saturated heterocycles. The molecule has 28 heavy (non-hydrogen) atoms. The molecule has 148 valence electrons. The molecule has 3 heterocycles. The fourth-order valence-corrected chi connectivity index (χ4v) is 4.96. The lowest BCUT2D eigenvalue weighted by Gasteiger charge is -2.15. The fourth-order valence-electron chi connectivity index (χ4n) is 3.97. The molecule has 3 aromatic rings. The minimum absolute atomic E-state index is 0.281. The van der Waals surface area contributed by atoms with E-state index >= 15 is 0 Å². The van der Waals surface area contributed by atoms with Gasteiger partial charge >= 0.3 is 0 Å². The summed E-state index contributed by atoms with van der Waals surface area (Å²) in [4.78, 5) is 21.7. The zero-order valence-corrected chi connectivity index (χ0v) is 17.2. The topological polar surface area (TPSA) is 101 Å². The van der Waals surface area contributed by atoms with Crippen LogP contribution in [0.1, 0.15) is 23.1 Å². The van der Waals surface area contributed by atoms with Crippen molar-refractivity contribution in [2.75, 3.05) is 24.2 Å². The Labute approximate surface area is 163 Å². The van der Waals surface area contributed by atoms with E-state index < -0.39 is 15.1 Å². The molecule has 1 aliphatic heterocycles. The monoisotopic (exact) mass is 401 g/mol. The number of nitrogens with zero attached hydrogens (tertiary/aromatic N) is 4.